The number of rotatable bonds is 8. The van der Waals surface area contributed by atoms with Crippen molar-refractivity contribution in [2.75, 3.05) is 33.5 Å². The van der Waals surface area contributed by atoms with Crippen molar-refractivity contribution in [1.29, 1.82) is 0 Å². The largest absolute Gasteiger partial charge is 0.382 e. The Balaban J connectivity index is 2.27. The molecule has 0 amide bonds. The molecule has 0 saturated carbocycles. The standard InChI is InChI=1S/C15H25NO2/c1-12-9-13(2)15(14(3)10-12)11-16-5-6-18-8-7-17-4/h9-10,16H,5-8,11H2,1-4H3. The lowest BCUT2D eigenvalue weighted by molar-refractivity contribution is 0.0719. The van der Waals surface area contributed by atoms with Gasteiger partial charge in [0.25, 0.3) is 0 Å². The van der Waals surface area contributed by atoms with E-state index >= 15 is 0 Å². The molecule has 102 valence electrons. The van der Waals surface area contributed by atoms with Gasteiger partial charge in [-0.1, -0.05) is 17.7 Å². The number of ether oxygens (including phenoxy) is 2. The Morgan fingerprint density at radius 2 is 1.67 bits per heavy atom. The molecule has 0 aromatic heterocycles. The van der Waals surface area contributed by atoms with E-state index in [2.05, 4.69) is 38.2 Å². The summed E-state index contributed by atoms with van der Waals surface area (Å²) in [6.07, 6.45) is 0. The molecule has 18 heavy (non-hydrogen) atoms. The molecular weight excluding hydrogens is 226 g/mol. The maximum absolute atomic E-state index is 5.40. The number of methoxy groups -OCH3 is 1. The average Bonchev–Trinajstić information content (AvgIpc) is 2.30. The van der Waals surface area contributed by atoms with Crippen molar-refractivity contribution in [1.82, 2.24) is 5.32 Å². The summed E-state index contributed by atoms with van der Waals surface area (Å²) in [5.41, 5.74) is 5.45. The Morgan fingerprint density at radius 1 is 1.00 bits per heavy atom. The third-order valence-corrected chi connectivity index (χ3v) is 3.00. The van der Waals surface area contributed by atoms with Crippen LogP contribution in [0.3, 0.4) is 0 Å². The van der Waals surface area contributed by atoms with Gasteiger partial charge in [0, 0.05) is 20.2 Å². The lowest BCUT2D eigenvalue weighted by atomic mass is 10.00. The highest BCUT2D eigenvalue weighted by atomic mass is 16.5. The minimum atomic E-state index is 0.663. The third-order valence-electron chi connectivity index (χ3n) is 3.00. The minimum absolute atomic E-state index is 0.663. The molecule has 0 aliphatic rings. The summed E-state index contributed by atoms with van der Waals surface area (Å²) >= 11 is 0. The van der Waals surface area contributed by atoms with Gasteiger partial charge in [0.15, 0.2) is 0 Å². The maximum Gasteiger partial charge on any atom is 0.0700 e. The quantitative estimate of drug-likeness (QED) is 0.720. The van der Waals surface area contributed by atoms with Gasteiger partial charge in [-0.15, -0.1) is 0 Å². The first-order chi connectivity index (χ1) is 8.65. The van der Waals surface area contributed by atoms with Gasteiger partial charge in [-0.05, 0) is 37.5 Å². The maximum atomic E-state index is 5.40. The van der Waals surface area contributed by atoms with Crippen LogP contribution in [0.1, 0.15) is 22.3 Å². The van der Waals surface area contributed by atoms with E-state index in [1.807, 2.05) is 0 Å². The van der Waals surface area contributed by atoms with Gasteiger partial charge in [0.05, 0.1) is 19.8 Å². The zero-order chi connectivity index (χ0) is 13.4. The van der Waals surface area contributed by atoms with E-state index in [4.69, 9.17) is 9.47 Å². The number of nitrogens with one attached hydrogen (secondary N) is 1. The Morgan fingerprint density at radius 3 is 2.28 bits per heavy atom. The lowest BCUT2D eigenvalue weighted by Crippen LogP contribution is -2.21. The Kier molecular flexibility index (Phi) is 6.94. The number of benzene rings is 1. The first-order valence-corrected chi connectivity index (χ1v) is 6.49. The molecule has 0 saturated heterocycles. The van der Waals surface area contributed by atoms with Gasteiger partial charge in [0.2, 0.25) is 0 Å². The average molecular weight is 251 g/mol. The van der Waals surface area contributed by atoms with Crippen LogP contribution in [0.15, 0.2) is 12.1 Å². The summed E-state index contributed by atoms with van der Waals surface area (Å²) in [6, 6.07) is 4.47. The SMILES string of the molecule is COCCOCCNCc1c(C)cc(C)cc1C. The van der Waals surface area contributed by atoms with Crippen LogP contribution in [0.2, 0.25) is 0 Å². The highest BCUT2D eigenvalue weighted by Gasteiger charge is 2.02. The monoisotopic (exact) mass is 251 g/mol. The van der Waals surface area contributed by atoms with Gasteiger partial charge in [-0.25, -0.2) is 0 Å². The van der Waals surface area contributed by atoms with E-state index in [1.54, 1.807) is 7.11 Å². The lowest BCUT2D eigenvalue weighted by Gasteiger charge is -2.12. The zero-order valence-corrected chi connectivity index (χ0v) is 12.0. The van der Waals surface area contributed by atoms with Gasteiger partial charge >= 0.3 is 0 Å². The fourth-order valence-corrected chi connectivity index (χ4v) is 2.09. The van der Waals surface area contributed by atoms with Gasteiger partial charge in [-0.3, -0.25) is 0 Å². The molecule has 0 bridgehead atoms. The molecule has 0 aliphatic heterocycles. The fraction of sp³-hybridized carbons (Fsp3) is 0.600. The molecule has 0 radical (unpaired) electrons. The van der Waals surface area contributed by atoms with Gasteiger partial charge < -0.3 is 14.8 Å². The smallest absolute Gasteiger partial charge is 0.0700 e. The predicted molar refractivity (Wildman–Crippen MR) is 75.1 cm³/mol. The Bertz CT molecular complexity index is 341. The van der Waals surface area contributed by atoms with Crippen LogP contribution in [0.5, 0.6) is 0 Å². The highest BCUT2D eigenvalue weighted by molar-refractivity contribution is 5.37. The first-order valence-electron chi connectivity index (χ1n) is 6.49. The van der Waals surface area contributed by atoms with Crippen LogP contribution in [0.4, 0.5) is 0 Å². The second kappa shape index (κ2) is 8.25. The van der Waals surface area contributed by atoms with Crippen LogP contribution >= 0.6 is 0 Å². The van der Waals surface area contributed by atoms with Crippen molar-refractivity contribution in [2.24, 2.45) is 0 Å². The van der Waals surface area contributed by atoms with Crippen molar-refractivity contribution in [2.45, 2.75) is 27.3 Å². The summed E-state index contributed by atoms with van der Waals surface area (Å²) in [5.74, 6) is 0. The van der Waals surface area contributed by atoms with Crippen LogP contribution in [0.25, 0.3) is 0 Å². The van der Waals surface area contributed by atoms with E-state index < -0.39 is 0 Å². The minimum Gasteiger partial charge on any atom is -0.382 e. The van der Waals surface area contributed by atoms with E-state index in [1.165, 1.54) is 22.3 Å². The third kappa shape index (κ3) is 5.17. The van der Waals surface area contributed by atoms with E-state index in [9.17, 15) is 0 Å². The topological polar surface area (TPSA) is 30.5 Å². The second-order valence-electron chi connectivity index (χ2n) is 4.66. The number of hydrogen-bond acceptors (Lipinski definition) is 3. The molecule has 3 heteroatoms. The second-order valence-corrected chi connectivity index (χ2v) is 4.66. The Labute approximate surface area is 110 Å². The fourth-order valence-electron chi connectivity index (χ4n) is 2.09. The van der Waals surface area contributed by atoms with Crippen LogP contribution in [-0.2, 0) is 16.0 Å². The molecular formula is C15H25NO2. The molecule has 3 nitrogen and oxygen atoms in total. The van der Waals surface area contributed by atoms with Gasteiger partial charge in [0.1, 0.15) is 0 Å². The number of aryl methyl sites for hydroxylation is 3. The van der Waals surface area contributed by atoms with Crippen molar-refractivity contribution in [3.63, 3.8) is 0 Å². The number of hydrogen-bond donors (Lipinski definition) is 1. The Hall–Kier alpha value is -0.900. The summed E-state index contributed by atoms with van der Waals surface area (Å²) in [6.45, 7) is 10.3. The molecule has 1 rings (SSSR count). The molecule has 0 fully saturated rings. The van der Waals surface area contributed by atoms with Crippen LogP contribution in [0, 0.1) is 20.8 Å². The van der Waals surface area contributed by atoms with Crippen LogP contribution < -0.4 is 5.32 Å². The van der Waals surface area contributed by atoms with E-state index in [0.717, 1.165) is 19.7 Å². The van der Waals surface area contributed by atoms with Gasteiger partial charge in [-0.2, -0.15) is 0 Å². The molecule has 0 heterocycles. The summed E-state index contributed by atoms with van der Waals surface area (Å²) in [4.78, 5) is 0. The zero-order valence-electron chi connectivity index (χ0n) is 12.0. The molecule has 1 aromatic rings. The predicted octanol–water partition coefficient (Wildman–Crippen LogP) is 2.36. The molecule has 0 unspecified atom stereocenters. The molecule has 0 spiro atoms. The van der Waals surface area contributed by atoms with E-state index in [-0.39, 0.29) is 0 Å². The van der Waals surface area contributed by atoms with Crippen molar-refractivity contribution < 1.29 is 9.47 Å². The summed E-state index contributed by atoms with van der Waals surface area (Å²) in [5, 5.41) is 3.41. The molecule has 1 N–H and O–H groups in total. The normalized spacial score (nSPS) is 10.9. The molecule has 0 aliphatic carbocycles. The molecule has 1 aromatic carbocycles. The van der Waals surface area contributed by atoms with Crippen molar-refractivity contribution in [3.05, 3.63) is 34.4 Å². The van der Waals surface area contributed by atoms with E-state index in [0.29, 0.717) is 13.2 Å². The highest BCUT2D eigenvalue weighted by Crippen LogP contribution is 2.15. The summed E-state index contributed by atoms with van der Waals surface area (Å²) < 4.78 is 10.3. The van der Waals surface area contributed by atoms with Crippen LogP contribution in [-0.4, -0.2) is 33.5 Å². The summed E-state index contributed by atoms with van der Waals surface area (Å²) in [7, 11) is 1.69. The van der Waals surface area contributed by atoms with Crippen molar-refractivity contribution >= 4 is 0 Å². The van der Waals surface area contributed by atoms with Crippen molar-refractivity contribution in [3.8, 4) is 0 Å². The molecule has 0 atom stereocenters. The first kappa shape index (κ1) is 15.2.